The smallest absolute Gasteiger partial charge is 0.409 e. The first-order chi connectivity index (χ1) is 8.47. The van der Waals surface area contributed by atoms with Crippen molar-refractivity contribution < 1.29 is 15.0 Å². The molecule has 5 heteroatoms. The van der Waals surface area contributed by atoms with Gasteiger partial charge in [-0.25, -0.2) is 4.79 Å². The standard InChI is InChI=1S/C13H18ClNO3/c1-3-9-15(12(16)17)13(18,4-2)10-7-5-6-8-11(10)14/h5-8,18H,3-4,9H2,1-2H3,(H,16,17)/t13-/m1/s1. The van der Waals surface area contributed by atoms with Gasteiger partial charge in [0.25, 0.3) is 0 Å². The fourth-order valence-electron chi connectivity index (χ4n) is 1.98. The Morgan fingerprint density at radius 3 is 2.44 bits per heavy atom. The van der Waals surface area contributed by atoms with E-state index >= 15 is 0 Å². The average Bonchev–Trinajstić information content (AvgIpc) is 2.35. The summed E-state index contributed by atoms with van der Waals surface area (Å²) in [5.74, 6) is 0. The van der Waals surface area contributed by atoms with Crippen molar-refractivity contribution in [3.8, 4) is 0 Å². The van der Waals surface area contributed by atoms with Crippen LogP contribution >= 0.6 is 11.6 Å². The van der Waals surface area contributed by atoms with Gasteiger partial charge in [-0.15, -0.1) is 0 Å². The second kappa shape index (κ2) is 6.07. The van der Waals surface area contributed by atoms with Crippen molar-refractivity contribution in [2.24, 2.45) is 0 Å². The van der Waals surface area contributed by atoms with Crippen LogP contribution < -0.4 is 0 Å². The van der Waals surface area contributed by atoms with E-state index in [0.717, 1.165) is 4.90 Å². The minimum atomic E-state index is -1.58. The first-order valence-corrected chi connectivity index (χ1v) is 6.33. The summed E-state index contributed by atoms with van der Waals surface area (Å²) < 4.78 is 0. The summed E-state index contributed by atoms with van der Waals surface area (Å²) in [7, 11) is 0. The zero-order chi connectivity index (χ0) is 13.8. The normalized spacial score (nSPS) is 14.0. The molecule has 18 heavy (non-hydrogen) atoms. The third-order valence-corrected chi connectivity index (χ3v) is 3.25. The van der Waals surface area contributed by atoms with Gasteiger partial charge in [-0.3, -0.25) is 4.90 Å². The minimum absolute atomic E-state index is 0.239. The van der Waals surface area contributed by atoms with Crippen molar-refractivity contribution in [1.82, 2.24) is 4.90 Å². The molecule has 0 saturated carbocycles. The molecule has 0 aliphatic carbocycles. The molecule has 0 aromatic heterocycles. The van der Waals surface area contributed by atoms with Crippen molar-refractivity contribution >= 4 is 17.7 Å². The summed E-state index contributed by atoms with van der Waals surface area (Å²) in [5.41, 5.74) is -1.16. The van der Waals surface area contributed by atoms with E-state index in [0.29, 0.717) is 17.0 Å². The maximum atomic E-state index is 11.3. The number of rotatable bonds is 5. The van der Waals surface area contributed by atoms with Crippen LogP contribution in [0.3, 0.4) is 0 Å². The van der Waals surface area contributed by atoms with Crippen LogP contribution in [0.15, 0.2) is 24.3 Å². The van der Waals surface area contributed by atoms with Crippen LogP contribution in [0.4, 0.5) is 4.79 Å². The molecular weight excluding hydrogens is 254 g/mol. The Morgan fingerprint density at radius 1 is 1.39 bits per heavy atom. The number of amides is 1. The van der Waals surface area contributed by atoms with Gasteiger partial charge < -0.3 is 10.2 Å². The Bertz CT molecular complexity index is 424. The Labute approximate surface area is 112 Å². The largest absolute Gasteiger partial charge is 0.465 e. The lowest BCUT2D eigenvalue weighted by molar-refractivity contribution is -0.101. The van der Waals surface area contributed by atoms with Crippen LogP contribution in [0.1, 0.15) is 32.3 Å². The van der Waals surface area contributed by atoms with Gasteiger partial charge in [0.05, 0.1) is 0 Å². The van der Waals surface area contributed by atoms with Crippen molar-refractivity contribution in [3.05, 3.63) is 34.9 Å². The van der Waals surface area contributed by atoms with Gasteiger partial charge in [-0.2, -0.15) is 0 Å². The molecule has 0 spiro atoms. The molecule has 100 valence electrons. The number of halogens is 1. The van der Waals surface area contributed by atoms with Gasteiger partial charge in [0, 0.05) is 17.1 Å². The summed E-state index contributed by atoms with van der Waals surface area (Å²) >= 11 is 6.06. The van der Waals surface area contributed by atoms with Crippen LogP contribution in [0.5, 0.6) is 0 Å². The molecule has 0 heterocycles. The summed E-state index contributed by atoms with van der Waals surface area (Å²) in [6.45, 7) is 3.85. The maximum Gasteiger partial charge on any atom is 0.409 e. The molecule has 4 nitrogen and oxygen atoms in total. The van der Waals surface area contributed by atoms with Gasteiger partial charge in [-0.05, 0) is 18.9 Å². The Balaban J connectivity index is 3.26. The number of hydrogen-bond donors (Lipinski definition) is 2. The minimum Gasteiger partial charge on any atom is -0.465 e. The second-order valence-corrected chi connectivity index (χ2v) is 4.49. The van der Waals surface area contributed by atoms with Gasteiger partial charge in [0.2, 0.25) is 0 Å². The molecule has 0 aliphatic heterocycles. The molecule has 1 rings (SSSR count). The molecule has 0 unspecified atom stereocenters. The van der Waals surface area contributed by atoms with E-state index in [1.54, 1.807) is 31.2 Å². The van der Waals surface area contributed by atoms with Crippen molar-refractivity contribution in [2.75, 3.05) is 6.54 Å². The summed E-state index contributed by atoms with van der Waals surface area (Å²) in [5, 5.41) is 20.3. The lowest BCUT2D eigenvalue weighted by Crippen LogP contribution is -2.49. The van der Waals surface area contributed by atoms with E-state index in [2.05, 4.69) is 0 Å². The lowest BCUT2D eigenvalue weighted by Gasteiger charge is -2.38. The van der Waals surface area contributed by atoms with Gasteiger partial charge in [0.15, 0.2) is 5.72 Å². The van der Waals surface area contributed by atoms with E-state index in [-0.39, 0.29) is 13.0 Å². The zero-order valence-corrected chi connectivity index (χ0v) is 11.3. The molecular formula is C13H18ClNO3. The molecule has 0 radical (unpaired) electrons. The monoisotopic (exact) mass is 271 g/mol. The zero-order valence-electron chi connectivity index (χ0n) is 10.6. The molecule has 0 bridgehead atoms. The molecule has 1 aromatic carbocycles. The second-order valence-electron chi connectivity index (χ2n) is 4.08. The highest BCUT2D eigenvalue weighted by molar-refractivity contribution is 6.31. The quantitative estimate of drug-likeness (QED) is 0.808. The van der Waals surface area contributed by atoms with Crippen molar-refractivity contribution in [2.45, 2.75) is 32.4 Å². The predicted octanol–water partition coefficient (Wildman–Crippen LogP) is 3.29. The summed E-state index contributed by atoms with van der Waals surface area (Å²) in [4.78, 5) is 12.3. The highest BCUT2D eigenvalue weighted by Crippen LogP contribution is 2.34. The Morgan fingerprint density at radius 2 is 2.00 bits per heavy atom. The number of carboxylic acid groups (broad SMARTS) is 1. The number of benzene rings is 1. The molecule has 1 amide bonds. The fraction of sp³-hybridized carbons (Fsp3) is 0.462. The molecule has 0 saturated heterocycles. The number of aliphatic hydroxyl groups is 1. The van der Waals surface area contributed by atoms with E-state index in [1.165, 1.54) is 0 Å². The average molecular weight is 272 g/mol. The SMILES string of the molecule is CCCN(C(=O)O)[C@@](O)(CC)c1ccccc1Cl. The predicted molar refractivity (Wildman–Crippen MR) is 70.7 cm³/mol. The first kappa shape index (κ1) is 14.8. The third-order valence-electron chi connectivity index (χ3n) is 2.92. The first-order valence-electron chi connectivity index (χ1n) is 5.95. The van der Waals surface area contributed by atoms with Crippen LogP contribution in [-0.2, 0) is 5.72 Å². The highest BCUT2D eigenvalue weighted by atomic mass is 35.5. The highest BCUT2D eigenvalue weighted by Gasteiger charge is 2.38. The number of carbonyl (C=O) groups is 1. The lowest BCUT2D eigenvalue weighted by atomic mass is 9.98. The number of hydrogen-bond acceptors (Lipinski definition) is 2. The van der Waals surface area contributed by atoms with Crippen molar-refractivity contribution in [1.29, 1.82) is 0 Å². The van der Waals surface area contributed by atoms with Crippen molar-refractivity contribution in [3.63, 3.8) is 0 Å². The molecule has 0 aliphatic rings. The fourth-order valence-corrected chi connectivity index (χ4v) is 2.26. The molecule has 0 fully saturated rings. The Kier molecular flexibility index (Phi) is 4.99. The topological polar surface area (TPSA) is 60.8 Å². The van der Waals surface area contributed by atoms with Gasteiger partial charge in [0.1, 0.15) is 0 Å². The summed E-state index contributed by atoms with van der Waals surface area (Å²) in [6, 6.07) is 6.77. The van der Waals surface area contributed by atoms with Gasteiger partial charge in [-0.1, -0.05) is 43.6 Å². The van der Waals surface area contributed by atoms with Crippen LogP contribution in [0, 0.1) is 0 Å². The van der Waals surface area contributed by atoms with Crippen LogP contribution in [0.25, 0.3) is 0 Å². The molecule has 1 atom stereocenters. The molecule has 1 aromatic rings. The van der Waals surface area contributed by atoms with Crippen LogP contribution in [-0.4, -0.2) is 27.8 Å². The van der Waals surface area contributed by atoms with E-state index in [1.807, 2.05) is 6.92 Å². The van der Waals surface area contributed by atoms with Crippen LogP contribution in [0.2, 0.25) is 5.02 Å². The third kappa shape index (κ3) is 2.76. The number of nitrogens with zero attached hydrogens (tertiary/aromatic N) is 1. The van der Waals surface area contributed by atoms with E-state index in [9.17, 15) is 15.0 Å². The Hall–Kier alpha value is -1.26. The molecule has 2 N–H and O–H groups in total. The summed E-state index contributed by atoms with van der Waals surface area (Å²) in [6.07, 6.45) is -0.289. The van der Waals surface area contributed by atoms with Gasteiger partial charge >= 0.3 is 6.09 Å². The van der Waals surface area contributed by atoms with E-state index < -0.39 is 11.8 Å². The van der Waals surface area contributed by atoms with E-state index in [4.69, 9.17) is 11.6 Å². The maximum absolute atomic E-state index is 11.3.